The highest BCUT2D eigenvalue weighted by Gasteiger charge is 2.16. The highest BCUT2D eigenvalue weighted by atomic mass is 16.5. The van der Waals surface area contributed by atoms with Crippen LogP contribution < -0.4 is 10.1 Å². The van der Waals surface area contributed by atoms with Crippen LogP contribution in [0, 0.1) is 32.1 Å². The Morgan fingerprint density at radius 2 is 1.85 bits per heavy atom. The van der Waals surface area contributed by atoms with Gasteiger partial charge in [-0.2, -0.15) is 10.4 Å². The highest BCUT2D eigenvalue weighted by molar-refractivity contribution is 5.93. The zero-order chi connectivity index (χ0) is 19.4. The van der Waals surface area contributed by atoms with E-state index in [0.717, 1.165) is 17.1 Å². The van der Waals surface area contributed by atoms with Gasteiger partial charge < -0.3 is 10.1 Å². The van der Waals surface area contributed by atoms with Crippen molar-refractivity contribution in [2.24, 2.45) is 0 Å². The Morgan fingerprint density at radius 3 is 2.56 bits per heavy atom. The van der Waals surface area contributed by atoms with Crippen LogP contribution in [-0.4, -0.2) is 22.3 Å². The van der Waals surface area contributed by atoms with Crippen LogP contribution in [-0.2, 0) is 4.79 Å². The topological polar surface area (TPSA) is 79.9 Å². The molecule has 0 radical (unpaired) electrons. The quantitative estimate of drug-likeness (QED) is 0.752. The van der Waals surface area contributed by atoms with E-state index in [1.807, 2.05) is 51.1 Å². The molecule has 0 atom stereocenters. The fourth-order valence-corrected chi connectivity index (χ4v) is 2.76. The molecule has 6 nitrogen and oxygen atoms in total. The smallest absolute Gasteiger partial charge is 0.262 e. The maximum atomic E-state index is 12.3. The van der Waals surface area contributed by atoms with Crippen molar-refractivity contribution in [3.8, 4) is 17.5 Å². The number of nitriles is 1. The van der Waals surface area contributed by atoms with E-state index in [1.54, 1.807) is 28.9 Å². The van der Waals surface area contributed by atoms with E-state index >= 15 is 0 Å². The summed E-state index contributed by atoms with van der Waals surface area (Å²) < 4.78 is 7.29. The van der Waals surface area contributed by atoms with Gasteiger partial charge in [0.2, 0.25) is 0 Å². The number of aromatic nitrogens is 2. The van der Waals surface area contributed by atoms with Gasteiger partial charge in [-0.05, 0) is 45.0 Å². The molecule has 136 valence electrons. The molecule has 1 amide bonds. The van der Waals surface area contributed by atoms with Gasteiger partial charge in [0.05, 0.1) is 28.3 Å². The molecule has 1 aromatic heterocycles. The average Bonchev–Trinajstić information content (AvgIpc) is 2.95. The van der Waals surface area contributed by atoms with E-state index in [1.165, 1.54) is 5.56 Å². The molecule has 3 rings (SSSR count). The zero-order valence-electron chi connectivity index (χ0n) is 15.5. The van der Waals surface area contributed by atoms with Gasteiger partial charge in [0.1, 0.15) is 11.8 Å². The number of nitrogens with zero attached hydrogens (tertiary/aromatic N) is 3. The van der Waals surface area contributed by atoms with E-state index in [4.69, 9.17) is 10.00 Å². The molecule has 0 aliphatic rings. The van der Waals surface area contributed by atoms with Crippen LogP contribution in [0.5, 0.6) is 5.75 Å². The highest BCUT2D eigenvalue weighted by Crippen LogP contribution is 2.23. The van der Waals surface area contributed by atoms with Gasteiger partial charge in [-0.3, -0.25) is 4.79 Å². The monoisotopic (exact) mass is 360 g/mol. The number of carbonyl (C=O) groups is 1. The minimum atomic E-state index is -0.308. The van der Waals surface area contributed by atoms with Crippen LogP contribution in [0.1, 0.15) is 22.5 Å². The average molecular weight is 360 g/mol. The number of amides is 1. The van der Waals surface area contributed by atoms with Crippen molar-refractivity contribution in [1.82, 2.24) is 9.78 Å². The van der Waals surface area contributed by atoms with Gasteiger partial charge in [0.15, 0.2) is 6.61 Å². The Kier molecular flexibility index (Phi) is 5.23. The molecule has 0 saturated heterocycles. The van der Waals surface area contributed by atoms with Crippen molar-refractivity contribution in [1.29, 1.82) is 5.26 Å². The third-order valence-corrected chi connectivity index (χ3v) is 4.20. The molecule has 6 heteroatoms. The normalized spacial score (nSPS) is 10.3. The number of ether oxygens (including phenoxy) is 1. The summed E-state index contributed by atoms with van der Waals surface area (Å²) in [4.78, 5) is 12.3. The molecular formula is C21H20N4O2. The molecule has 0 unspecified atom stereocenters. The lowest BCUT2D eigenvalue weighted by Gasteiger charge is -2.09. The fraction of sp³-hybridized carbons (Fsp3) is 0.190. The minimum Gasteiger partial charge on any atom is -0.482 e. The summed E-state index contributed by atoms with van der Waals surface area (Å²) in [5, 5.41) is 16.5. The summed E-state index contributed by atoms with van der Waals surface area (Å²) in [6, 6.07) is 16.9. The van der Waals surface area contributed by atoms with Crippen molar-refractivity contribution in [3.63, 3.8) is 0 Å². The molecule has 3 aromatic rings. The first-order valence-electron chi connectivity index (χ1n) is 8.54. The Bertz CT molecular complexity index is 1010. The number of nitrogens with one attached hydrogen (secondary N) is 1. The van der Waals surface area contributed by atoms with E-state index in [2.05, 4.69) is 10.4 Å². The van der Waals surface area contributed by atoms with Gasteiger partial charge in [-0.1, -0.05) is 29.8 Å². The molecule has 0 fully saturated rings. The van der Waals surface area contributed by atoms with E-state index in [0.29, 0.717) is 17.0 Å². The van der Waals surface area contributed by atoms with E-state index in [9.17, 15) is 4.79 Å². The SMILES string of the molecule is Cc1ccc(-n2nc(C)c(NC(=O)COc3ccccc3C#N)c2C)cc1. The number of benzene rings is 2. The second-order valence-electron chi connectivity index (χ2n) is 6.24. The Hall–Kier alpha value is -3.59. The van der Waals surface area contributed by atoms with Crippen LogP contribution in [0.4, 0.5) is 5.69 Å². The molecule has 0 saturated carbocycles. The molecule has 2 aromatic carbocycles. The van der Waals surface area contributed by atoms with Crippen LogP contribution in [0.25, 0.3) is 5.69 Å². The van der Waals surface area contributed by atoms with Gasteiger partial charge in [-0.15, -0.1) is 0 Å². The first kappa shape index (κ1) is 18.2. The second-order valence-corrected chi connectivity index (χ2v) is 6.24. The molecule has 27 heavy (non-hydrogen) atoms. The standard InChI is InChI=1S/C21H20N4O2/c1-14-8-10-18(11-9-14)25-16(3)21(15(2)24-25)23-20(26)13-27-19-7-5-4-6-17(19)12-22/h4-11H,13H2,1-3H3,(H,23,26). The number of hydrogen-bond donors (Lipinski definition) is 1. The van der Waals surface area contributed by atoms with Gasteiger partial charge in [0, 0.05) is 0 Å². The number of anilines is 1. The summed E-state index contributed by atoms with van der Waals surface area (Å²) in [6.45, 7) is 5.59. The van der Waals surface area contributed by atoms with Crippen LogP contribution in [0.15, 0.2) is 48.5 Å². The number of rotatable bonds is 5. The molecular weight excluding hydrogens is 340 g/mol. The minimum absolute atomic E-state index is 0.187. The van der Waals surface area contributed by atoms with Gasteiger partial charge in [0.25, 0.3) is 5.91 Å². The molecule has 0 aliphatic carbocycles. The van der Waals surface area contributed by atoms with Crippen LogP contribution >= 0.6 is 0 Å². The van der Waals surface area contributed by atoms with Crippen molar-refractivity contribution >= 4 is 11.6 Å². The predicted molar refractivity (Wildman–Crippen MR) is 103 cm³/mol. The molecule has 0 bridgehead atoms. The van der Waals surface area contributed by atoms with E-state index < -0.39 is 0 Å². The predicted octanol–water partition coefficient (Wildman–Crippen LogP) is 3.69. The summed E-state index contributed by atoms with van der Waals surface area (Å²) in [5.41, 5.74) is 4.72. The Morgan fingerprint density at radius 1 is 1.15 bits per heavy atom. The van der Waals surface area contributed by atoms with Crippen molar-refractivity contribution in [3.05, 3.63) is 71.0 Å². The van der Waals surface area contributed by atoms with E-state index in [-0.39, 0.29) is 12.5 Å². The summed E-state index contributed by atoms with van der Waals surface area (Å²) in [6.07, 6.45) is 0. The second kappa shape index (κ2) is 7.75. The van der Waals surface area contributed by atoms with Gasteiger partial charge in [-0.25, -0.2) is 4.68 Å². The maximum Gasteiger partial charge on any atom is 0.262 e. The first-order valence-corrected chi connectivity index (χ1v) is 8.54. The van der Waals surface area contributed by atoms with Crippen molar-refractivity contribution < 1.29 is 9.53 Å². The summed E-state index contributed by atoms with van der Waals surface area (Å²) in [7, 11) is 0. The molecule has 1 N–H and O–H groups in total. The zero-order valence-corrected chi connectivity index (χ0v) is 15.5. The Labute approximate surface area is 158 Å². The van der Waals surface area contributed by atoms with Crippen molar-refractivity contribution in [2.45, 2.75) is 20.8 Å². The maximum absolute atomic E-state index is 12.3. The van der Waals surface area contributed by atoms with Crippen LogP contribution in [0.2, 0.25) is 0 Å². The number of para-hydroxylation sites is 1. The molecule has 0 aliphatic heterocycles. The van der Waals surface area contributed by atoms with Gasteiger partial charge >= 0.3 is 0 Å². The summed E-state index contributed by atoms with van der Waals surface area (Å²) in [5.74, 6) is 0.0799. The fourth-order valence-electron chi connectivity index (χ4n) is 2.76. The molecule has 0 spiro atoms. The third-order valence-electron chi connectivity index (χ3n) is 4.20. The molecule has 1 heterocycles. The first-order chi connectivity index (χ1) is 13.0. The number of hydrogen-bond acceptors (Lipinski definition) is 4. The Balaban J connectivity index is 1.73. The largest absolute Gasteiger partial charge is 0.482 e. The lowest BCUT2D eigenvalue weighted by molar-refractivity contribution is -0.118. The number of aryl methyl sites for hydroxylation is 2. The van der Waals surface area contributed by atoms with Crippen LogP contribution in [0.3, 0.4) is 0 Å². The summed E-state index contributed by atoms with van der Waals surface area (Å²) >= 11 is 0. The lowest BCUT2D eigenvalue weighted by Crippen LogP contribution is -2.21. The number of carbonyl (C=O) groups excluding carboxylic acids is 1. The van der Waals surface area contributed by atoms with Crippen molar-refractivity contribution in [2.75, 3.05) is 11.9 Å². The lowest BCUT2D eigenvalue weighted by atomic mass is 10.2. The third kappa shape index (κ3) is 3.98.